The summed E-state index contributed by atoms with van der Waals surface area (Å²) in [5.41, 5.74) is 3.81. The molecule has 134 valence electrons. The minimum absolute atomic E-state index is 0.0251. The Kier molecular flexibility index (Phi) is 6.28. The number of rotatable bonds is 6. The van der Waals surface area contributed by atoms with Gasteiger partial charge < -0.3 is 5.32 Å². The van der Waals surface area contributed by atoms with Crippen molar-refractivity contribution in [2.24, 2.45) is 5.10 Å². The van der Waals surface area contributed by atoms with Gasteiger partial charge in [-0.05, 0) is 24.7 Å². The monoisotopic (exact) mass is 373 g/mol. The van der Waals surface area contributed by atoms with Gasteiger partial charge in [0.05, 0.1) is 16.1 Å². The Labute approximate surface area is 154 Å². The quantitative estimate of drug-likeness (QED) is 0.344. The number of hydrogen-bond donors (Lipinski definition) is 2. The van der Waals surface area contributed by atoms with E-state index in [1.807, 2.05) is 6.92 Å². The lowest BCUT2D eigenvalue weighted by atomic mass is 10.1. The van der Waals surface area contributed by atoms with Crippen molar-refractivity contribution >= 4 is 40.6 Å². The second-order valence-corrected chi connectivity index (χ2v) is 5.51. The second kappa shape index (κ2) is 8.62. The van der Waals surface area contributed by atoms with Crippen LogP contribution in [0.2, 0.25) is 0 Å². The molecule has 0 unspecified atom stereocenters. The highest BCUT2D eigenvalue weighted by molar-refractivity contribution is 7.80. The summed E-state index contributed by atoms with van der Waals surface area (Å²) in [6, 6.07) is 10.8. The molecule has 0 aliphatic carbocycles. The third kappa shape index (κ3) is 4.80. The van der Waals surface area contributed by atoms with Crippen LogP contribution in [0.15, 0.2) is 47.6 Å². The zero-order chi connectivity index (χ0) is 19.1. The largest absolute Gasteiger partial charge is 0.326 e. The molecule has 0 saturated heterocycles. The summed E-state index contributed by atoms with van der Waals surface area (Å²) in [7, 11) is 0. The molecule has 2 rings (SSSR count). The number of nitro groups is 2. The molecular formula is C16H15N5O4S. The van der Waals surface area contributed by atoms with E-state index in [-0.39, 0.29) is 22.2 Å². The van der Waals surface area contributed by atoms with Crippen molar-refractivity contribution < 1.29 is 9.85 Å². The molecule has 0 aliphatic heterocycles. The molecular weight excluding hydrogens is 358 g/mol. The first-order valence-corrected chi connectivity index (χ1v) is 7.94. The highest BCUT2D eigenvalue weighted by Crippen LogP contribution is 2.23. The maximum Gasteiger partial charge on any atom is 0.292 e. The molecule has 0 saturated carbocycles. The molecule has 0 fully saturated rings. The van der Waals surface area contributed by atoms with Gasteiger partial charge in [0.2, 0.25) is 0 Å². The lowest BCUT2D eigenvalue weighted by molar-refractivity contribution is -0.385. The van der Waals surface area contributed by atoms with Crippen molar-refractivity contribution in [3.63, 3.8) is 0 Å². The van der Waals surface area contributed by atoms with E-state index in [0.29, 0.717) is 17.5 Å². The predicted molar refractivity (Wildman–Crippen MR) is 103 cm³/mol. The highest BCUT2D eigenvalue weighted by Gasteiger charge is 2.13. The lowest BCUT2D eigenvalue weighted by Crippen LogP contribution is -2.24. The first-order valence-electron chi connectivity index (χ1n) is 7.53. The number of aryl methyl sites for hydroxylation is 1. The molecule has 0 bridgehead atoms. The van der Waals surface area contributed by atoms with E-state index in [0.717, 1.165) is 0 Å². The van der Waals surface area contributed by atoms with Crippen molar-refractivity contribution in [1.29, 1.82) is 0 Å². The van der Waals surface area contributed by atoms with Crippen LogP contribution in [0.3, 0.4) is 0 Å². The topological polar surface area (TPSA) is 123 Å². The van der Waals surface area contributed by atoms with Crippen LogP contribution < -0.4 is 10.7 Å². The van der Waals surface area contributed by atoms with E-state index < -0.39 is 9.85 Å². The molecule has 0 atom stereocenters. The fourth-order valence-electron chi connectivity index (χ4n) is 2.18. The van der Waals surface area contributed by atoms with Crippen molar-refractivity contribution in [2.75, 3.05) is 5.32 Å². The number of hydrazone groups is 1. The van der Waals surface area contributed by atoms with Gasteiger partial charge in [-0.2, -0.15) is 5.10 Å². The molecule has 0 radical (unpaired) electrons. The van der Waals surface area contributed by atoms with Crippen LogP contribution in [0, 0.1) is 20.2 Å². The van der Waals surface area contributed by atoms with Crippen LogP contribution in [0.4, 0.5) is 17.1 Å². The molecule has 2 aromatic rings. The summed E-state index contributed by atoms with van der Waals surface area (Å²) >= 11 is 5.04. The Morgan fingerprint density at radius 3 is 2.50 bits per heavy atom. The van der Waals surface area contributed by atoms with E-state index in [1.165, 1.54) is 24.4 Å². The highest BCUT2D eigenvalue weighted by atomic mass is 32.1. The first kappa shape index (κ1) is 18.9. The number of anilines is 1. The van der Waals surface area contributed by atoms with Gasteiger partial charge in [-0.3, -0.25) is 25.7 Å². The van der Waals surface area contributed by atoms with Crippen LogP contribution in [0.5, 0.6) is 0 Å². The molecule has 0 spiro atoms. The standard InChI is InChI=1S/C16H15N5O4S/c1-2-12-8-7-11(9-15(12)21(24)25)10-17-19-16(26)18-13-5-3-4-6-14(13)20(22)23/h3-10H,2H2,1H3,(H2,18,19,26)/b17-10-. The van der Waals surface area contributed by atoms with Gasteiger partial charge in [-0.15, -0.1) is 0 Å². The lowest BCUT2D eigenvalue weighted by Gasteiger charge is -2.07. The zero-order valence-electron chi connectivity index (χ0n) is 13.7. The van der Waals surface area contributed by atoms with Gasteiger partial charge in [-0.25, -0.2) is 0 Å². The predicted octanol–water partition coefficient (Wildman–Crippen LogP) is 3.39. The fraction of sp³-hybridized carbons (Fsp3) is 0.125. The molecule has 0 amide bonds. The summed E-state index contributed by atoms with van der Waals surface area (Å²) in [4.78, 5) is 21.1. The molecule has 26 heavy (non-hydrogen) atoms. The first-order chi connectivity index (χ1) is 12.4. The molecule has 0 aliphatic rings. The number of benzene rings is 2. The Morgan fingerprint density at radius 1 is 1.15 bits per heavy atom. The van der Waals surface area contributed by atoms with Crippen molar-refractivity contribution in [3.05, 3.63) is 73.8 Å². The van der Waals surface area contributed by atoms with Crippen molar-refractivity contribution in [2.45, 2.75) is 13.3 Å². The number of nitrogens with one attached hydrogen (secondary N) is 2. The average Bonchev–Trinajstić information content (AvgIpc) is 2.61. The molecule has 2 N–H and O–H groups in total. The maximum atomic E-state index is 11.1. The summed E-state index contributed by atoms with van der Waals surface area (Å²) in [5, 5.41) is 28.7. The van der Waals surface area contributed by atoms with Gasteiger partial charge in [0.25, 0.3) is 11.4 Å². The number of thiocarbonyl (C=S) groups is 1. The van der Waals surface area contributed by atoms with Crippen molar-refractivity contribution in [3.8, 4) is 0 Å². The average molecular weight is 373 g/mol. The maximum absolute atomic E-state index is 11.1. The molecule has 0 heterocycles. The number of hydrogen-bond acceptors (Lipinski definition) is 6. The van der Waals surface area contributed by atoms with E-state index in [4.69, 9.17) is 12.2 Å². The van der Waals surface area contributed by atoms with Gasteiger partial charge in [-0.1, -0.05) is 31.2 Å². The van der Waals surface area contributed by atoms with Crippen LogP contribution in [0.1, 0.15) is 18.1 Å². The van der Waals surface area contributed by atoms with E-state index >= 15 is 0 Å². The Bertz CT molecular complexity index is 885. The van der Waals surface area contributed by atoms with Gasteiger partial charge >= 0.3 is 0 Å². The Balaban J connectivity index is 2.05. The van der Waals surface area contributed by atoms with E-state index in [1.54, 1.807) is 24.3 Å². The molecule has 0 aromatic heterocycles. The second-order valence-electron chi connectivity index (χ2n) is 5.10. The van der Waals surface area contributed by atoms with Gasteiger partial charge in [0, 0.05) is 23.3 Å². The Morgan fingerprint density at radius 2 is 1.85 bits per heavy atom. The molecule has 9 nitrogen and oxygen atoms in total. The minimum Gasteiger partial charge on any atom is -0.326 e. The molecule has 10 heteroatoms. The Hall–Kier alpha value is -3.40. The van der Waals surface area contributed by atoms with Gasteiger partial charge in [0.1, 0.15) is 5.69 Å². The fourth-order valence-corrected chi connectivity index (χ4v) is 2.35. The van der Waals surface area contributed by atoms with Crippen LogP contribution in [-0.4, -0.2) is 21.2 Å². The SMILES string of the molecule is CCc1ccc(/C=N\NC(=S)Nc2ccccc2[N+](=O)[O-])cc1[N+](=O)[O-]. The van der Waals surface area contributed by atoms with Crippen LogP contribution in [-0.2, 0) is 6.42 Å². The summed E-state index contributed by atoms with van der Waals surface area (Å²) in [6.07, 6.45) is 1.93. The van der Waals surface area contributed by atoms with E-state index in [2.05, 4.69) is 15.8 Å². The summed E-state index contributed by atoms with van der Waals surface area (Å²) in [6.45, 7) is 1.84. The van der Waals surface area contributed by atoms with E-state index in [9.17, 15) is 20.2 Å². The molecule has 2 aromatic carbocycles. The zero-order valence-corrected chi connectivity index (χ0v) is 14.5. The summed E-state index contributed by atoms with van der Waals surface area (Å²) in [5.74, 6) is 0. The summed E-state index contributed by atoms with van der Waals surface area (Å²) < 4.78 is 0. The number of nitrogens with zero attached hydrogens (tertiary/aromatic N) is 3. The van der Waals surface area contributed by atoms with Gasteiger partial charge in [0.15, 0.2) is 5.11 Å². The smallest absolute Gasteiger partial charge is 0.292 e. The van der Waals surface area contributed by atoms with Crippen LogP contribution >= 0.6 is 12.2 Å². The van der Waals surface area contributed by atoms with Crippen molar-refractivity contribution in [1.82, 2.24) is 5.43 Å². The number of para-hydroxylation sites is 2. The van der Waals surface area contributed by atoms with Crippen LogP contribution in [0.25, 0.3) is 0 Å². The number of nitro benzene ring substituents is 2. The third-order valence-electron chi connectivity index (χ3n) is 3.42. The minimum atomic E-state index is -0.525. The normalized spacial score (nSPS) is 10.5. The third-order valence-corrected chi connectivity index (χ3v) is 3.61.